The van der Waals surface area contributed by atoms with Crippen molar-refractivity contribution in [3.05, 3.63) is 47.0 Å². The molecular weight excluding hydrogens is 300 g/mol. The fraction of sp³-hybridized carbons (Fsp3) is 0.381. The van der Waals surface area contributed by atoms with Gasteiger partial charge < -0.3 is 9.47 Å². The van der Waals surface area contributed by atoms with Crippen LogP contribution in [0.4, 0.5) is 0 Å². The number of aryl methyl sites for hydroxylation is 1. The van der Waals surface area contributed by atoms with E-state index in [0.29, 0.717) is 17.2 Å². The summed E-state index contributed by atoms with van der Waals surface area (Å²) in [6.07, 6.45) is 2.96. The second-order valence-corrected chi connectivity index (χ2v) is 6.89. The Balaban J connectivity index is 2.32. The van der Waals surface area contributed by atoms with E-state index in [1.807, 2.05) is 12.1 Å². The van der Waals surface area contributed by atoms with Crippen LogP contribution in [0.1, 0.15) is 37.0 Å². The number of ether oxygens (including phenoxy) is 2. The van der Waals surface area contributed by atoms with Gasteiger partial charge in [0.2, 0.25) is 0 Å². The number of benzene rings is 2. The maximum Gasteiger partial charge on any atom is 0.338 e. The molecule has 0 saturated heterocycles. The quantitative estimate of drug-likeness (QED) is 0.464. The molecule has 1 atom stereocenters. The van der Waals surface area contributed by atoms with Gasteiger partial charge >= 0.3 is 5.97 Å². The number of fused-ring (bicyclic) bond motifs is 2. The van der Waals surface area contributed by atoms with E-state index in [9.17, 15) is 4.79 Å². The number of carbonyl (C=O) groups excluding carboxylic acids is 1. The van der Waals surface area contributed by atoms with E-state index in [1.54, 1.807) is 14.0 Å². The van der Waals surface area contributed by atoms with Crippen molar-refractivity contribution in [3.8, 4) is 11.5 Å². The summed E-state index contributed by atoms with van der Waals surface area (Å²) in [6, 6.07) is 6.16. The minimum atomic E-state index is -0.373. The molecule has 3 heteroatoms. The molecule has 1 aliphatic rings. The van der Waals surface area contributed by atoms with Crippen molar-refractivity contribution in [2.75, 3.05) is 7.11 Å². The summed E-state index contributed by atoms with van der Waals surface area (Å²) in [5.41, 5.74) is 3.85. The van der Waals surface area contributed by atoms with Crippen molar-refractivity contribution >= 4 is 16.7 Å². The molecule has 0 fully saturated rings. The van der Waals surface area contributed by atoms with Crippen LogP contribution in [-0.2, 0) is 17.6 Å². The first-order chi connectivity index (χ1) is 11.4. The minimum absolute atomic E-state index is 0.373. The largest absolute Gasteiger partial charge is 0.496 e. The Morgan fingerprint density at radius 3 is 2.62 bits per heavy atom. The Bertz CT molecular complexity index is 833. The number of carbonyl (C=O) groups is 1. The van der Waals surface area contributed by atoms with E-state index in [4.69, 9.17) is 9.47 Å². The van der Waals surface area contributed by atoms with E-state index in [1.165, 1.54) is 5.56 Å². The van der Waals surface area contributed by atoms with Gasteiger partial charge in [-0.1, -0.05) is 31.2 Å². The average molecular weight is 324 g/mol. The van der Waals surface area contributed by atoms with Crippen molar-refractivity contribution in [2.24, 2.45) is 5.92 Å². The molecule has 3 nitrogen and oxygen atoms in total. The highest BCUT2D eigenvalue weighted by molar-refractivity contribution is 5.99. The summed E-state index contributed by atoms with van der Waals surface area (Å²) < 4.78 is 11.5. The van der Waals surface area contributed by atoms with Crippen molar-refractivity contribution in [2.45, 2.75) is 40.0 Å². The zero-order valence-electron chi connectivity index (χ0n) is 14.9. The molecule has 1 aliphatic carbocycles. The van der Waals surface area contributed by atoms with Gasteiger partial charge in [0.15, 0.2) is 0 Å². The number of hydrogen-bond acceptors (Lipinski definition) is 3. The highest BCUT2D eigenvalue weighted by atomic mass is 16.5. The zero-order valence-corrected chi connectivity index (χ0v) is 14.9. The third-order valence-corrected chi connectivity index (χ3v) is 4.76. The van der Waals surface area contributed by atoms with Crippen LogP contribution in [0.15, 0.2) is 30.4 Å². The number of rotatable bonds is 3. The molecule has 0 radical (unpaired) electrons. The minimum Gasteiger partial charge on any atom is -0.496 e. The summed E-state index contributed by atoms with van der Waals surface area (Å²) in [5.74, 6) is 1.79. The van der Waals surface area contributed by atoms with Gasteiger partial charge in [-0.05, 0) is 45.1 Å². The van der Waals surface area contributed by atoms with Crippen LogP contribution < -0.4 is 9.47 Å². The zero-order chi connectivity index (χ0) is 17.4. The molecule has 0 saturated carbocycles. The maximum atomic E-state index is 12.2. The van der Waals surface area contributed by atoms with Crippen molar-refractivity contribution in [1.82, 2.24) is 0 Å². The predicted octanol–water partition coefficient (Wildman–Crippen LogP) is 4.76. The summed E-state index contributed by atoms with van der Waals surface area (Å²) in [7, 11) is 1.72. The summed E-state index contributed by atoms with van der Waals surface area (Å²) in [5, 5.41) is 1.94. The second kappa shape index (κ2) is 6.31. The van der Waals surface area contributed by atoms with Crippen LogP contribution in [-0.4, -0.2) is 13.1 Å². The number of hydrogen-bond donors (Lipinski definition) is 0. The SMILES string of the molecule is C=C(C)C(=O)Oc1c2c(c(OC)c3cc(C)ccc13)CCC(C)C2. The van der Waals surface area contributed by atoms with Crippen molar-refractivity contribution in [3.63, 3.8) is 0 Å². The molecule has 0 N–H and O–H groups in total. The molecule has 2 aromatic carbocycles. The molecule has 0 aromatic heterocycles. The van der Waals surface area contributed by atoms with Gasteiger partial charge in [-0.2, -0.15) is 0 Å². The van der Waals surface area contributed by atoms with Crippen LogP contribution in [0.5, 0.6) is 11.5 Å². The van der Waals surface area contributed by atoms with Gasteiger partial charge in [-0.15, -0.1) is 0 Å². The first-order valence-electron chi connectivity index (χ1n) is 8.42. The normalized spacial score (nSPS) is 16.6. The topological polar surface area (TPSA) is 35.5 Å². The third kappa shape index (κ3) is 2.79. The standard InChI is InChI=1S/C21H24O3/c1-12(2)21(22)24-20-16-9-7-13(3)10-17(16)19(23-5)15-8-6-14(4)11-18(15)20/h7,9-10,14H,1,6,8,11H2,2-5H3. The average Bonchev–Trinajstić information content (AvgIpc) is 2.54. The van der Waals surface area contributed by atoms with E-state index in [2.05, 4.69) is 26.5 Å². The molecule has 3 rings (SSSR count). The predicted molar refractivity (Wildman–Crippen MR) is 96.9 cm³/mol. The van der Waals surface area contributed by atoms with E-state index < -0.39 is 0 Å². The van der Waals surface area contributed by atoms with Crippen molar-refractivity contribution < 1.29 is 14.3 Å². The molecule has 0 amide bonds. The molecule has 0 aliphatic heterocycles. The highest BCUT2D eigenvalue weighted by Crippen LogP contribution is 2.45. The lowest BCUT2D eigenvalue weighted by Crippen LogP contribution is -2.17. The van der Waals surface area contributed by atoms with E-state index >= 15 is 0 Å². The van der Waals surface area contributed by atoms with Crippen LogP contribution in [0.3, 0.4) is 0 Å². The van der Waals surface area contributed by atoms with Crippen LogP contribution in [0, 0.1) is 12.8 Å². The Hall–Kier alpha value is -2.29. The monoisotopic (exact) mass is 324 g/mol. The molecule has 0 heterocycles. The van der Waals surface area contributed by atoms with E-state index in [-0.39, 0.29) is 5.97 Å². The lowest BCUT2D eigenvalue weighted by Gasteiger charge is -2.27. The van der Waals surface area contributed by atoms with E-state index in [0.717, 1.165) is 46.9 Å². The molecule has 0 bridgehead atoms. The Kier molecular flexibility index (Phi) is 4.35. The third-order valence-electron chi connectivity index (χ3n) is 4.76. The molecule has 24 heavy (non-hydrogen) atoms. The van der Waals surface area contributed by atoms with Gasteiger partial charge in [0.05, 0.1) is 7.11 Å². The summed E-state index contributed by atoms with van der Waals surface area (Å²) in [4.78, 5) is 12.2. The first kappa shape index (κ1) is 16.6. The second-order valence-electron chi connectivity index (χ2n) is 6.89. The lowest BCUT2D eigenvalue weighted by atomic mass is 9.82. The Morgan fingerprint density at radius 2 is 1.96 bits per heavy atom. The van der Waals surface area contributed by atoms with Gasteiger partial charge in [0.1, 0.15) is 11.5 Å². The molecule has 126 valence electrons. The Morgan fingerprint density at radius 1 is 1.21 bits per heavy atom. The number of esters is 1. The lowest BCUT2D eigenvalue weighted by molar-refractivity contribution is -0.130. The van der Waals surface area contributed by atoms with Crippen LogP contribution in [0.25, 0.3) is 10.8 Å². The highest BCUT2D eigenvalue weighted by Gasteiger charge is 2.27. The fourth-order valence-electron chi connectivity index (χ4n) is 3.49. The molecule has 2 aromatic rings. The maximum absolute atomic E-state index is 12.2. The summed E-state index contributed by atoms with van der Waals surface area (Å²) >= 11 is 0. The van der Waals surface area contributed by atoms with Gasteiger partial charge in [-0.3, -0.25) is 0 Å². The van der Waals surface area contributed by atoms with Gasteiger partial charge in [-0.25, -0.2) is 4.79 Å². The van der Waals surface area contributed by atoms with Gasteiger partial charge in [0.25, 0.3) is 0 Å². The van der Waals surface area contributed by atoms with Crippen molar-refractivity contribution in [1.29, 1.82) is 0 Å². The smallest absolute Gasteiger partial charge is 0.338 e. The molecule has 0 spiro atoms. The van der Waals surface area contributed by atoms with Crippen LogP contribution >= 0.6 is 0 Å². The fourth-order valence-corrected chi connectivity index (χ4v) is 3.49. The molecule has 1 unspecified atom stereocenters. The number of methoxy groups -OCH3 is 1. The summed E-state index contributed by atoms with van der Waals surface area (Å²) in [6.45, 7) is 9.67. The molecular formula is C21H24O3. The first-order valence-corrected chi connectivity index (χ1v) is 8.42. The Labute approximate surface area is 143 Å². The van der Waals surface area contributed by atoms with Gasteiger partial charge in [0, 0.05) is 27.5 Å². The van der Waals surface area contributed by atoms with Crippen LogP contribution in [0.2, 0.25) is 0 Å².